The molecule has 0 aliphatic heterocycles. The molecule has 0 bridgehead atoms. The zero-order valence-corrected chi connectivity index (χ0v) is 21.5. The molecule has 0 radical (unpaired) electrons. The molecule has 2 aromatic rings. The molecule has 0 heterocycles. The summed E-state index contributed by atoms with van der Waals surface area (Å²) in [5.74, 6) is 0. The Balaban J connectivity index is 0.000000696. The summed E-state index contributed by atoms with van der Waals surface area (Å²) in [4.78, 5) is 5.63. The summed E-state index contributed by atoms with van der Waals surface area (Å²) >= 11 is 5.13. The number of aryl methyl sites for hydroxylation is 5. The topological polar surface area (TPSA) is 37.1 Å². The maximum absolute atomic E-state index is 5.66. The van der Waals surface area contributed by atoms with Crippen molar-refractivity contribution in [1.82, 2.24) is 0 Å². The molecule has 3 nitrogen and oxygen atoms in total. The van der Waals surface area contributed by atoms with Crippen LogP contribution in [0, 0.1) is 34.6 Å². The van der Waals surface area contributed by atoms with Crippen LogP contribution in [0.5, 0.6) is 0 Å². The van der Waals surface area contributed by atoms with Gasteiger partial charge in [-0.2, -0.15) is 4.91 Å². The predicted molar refractivity (Wildman–Crippen MR) is 121 cm³/mol. The predicted octanol–water partition coefficient (Wildman–Crippen LogP) is 6.60. The Kier molecular flexibility index (Phi) is 10.7. The van der Waals surface area contributed by atoms with Crippen LogP contribution in [0.15, 0.2) is 47.1 Å². The summed E-state index contributed by atoms with van der Waals surface area (Å²) in [5, 5.41) is 0. The number of rotatable bonds is 3. The summed E-state index contributed by atoms with van der Waals surface area (Å²) in [5.41, 5.74) is 9.23. The first-order valence-corrected chi connectivity index (χ1v) is 11.8. The third-order valence-corrected chi connectivity index (χ3v) is 5.50. The molecule has 0 saturated carbocycles. The van der Waals surface area contributed by atoms with Crippen LogP contribution in [0.2, 0.25) is 0 Å². The molecule has 5 heteroatoms. The first-order valence-electron chi connectivity index (χ1n) is 9.22. The Hall–Kier alpha value is -1.45. The molecule has 0 aliphatic carbocycles. The molecule has 0 aromatic heterocycles. The molecular weight excluding hydrogens is 442 g/mol. The zero-order chi connectivity index (χ0) is 21.3. The molecule has 0 spiro atoms. The van der Waals surface area contributed by atoms with Gasteiger partial charge in [0.25, 0.3) is 0 Å². The SMILES string of the molecule is CC(/C=C(\[S-])c1c(C)cc(C)cc1C)=Nc1c(C)cccc1C.C[N]=[Zr]=[N]C. The number of hydrogen-bond donors (Lipinski definition) is 0. The Morgan fingerprint density at radius 1 is 0.893 bits per heavy atom. The third kappa shape index (κ3) is 7.52. The average Bonchev–Trinajstić information content (AvgIpc) is 2.58. The molecular formula is C23H30N3SZr-. The standard InChI is InChI=1S/C21H25NS.2CH3N.Zr/c1-13-10-16(4)20(17(5)11-13)19(23)12-18(6)22-21-14(2)8-7-9-15(21)3;2*1-2;/h7-12,23H,1-6H3;2*1H3;/p-1/b19-12-,22-18?;;;. The molecule has 2 rings (SSSR count). The van der Waals surface area contributed by atoms with Crippen molar-refractivity contribution in [3.05, 3.63) is 69.8 Å². The van der Waals surface area contributed by atoms with E-state index in [9.17, 15) is 0 Å². The van der Waals surface area contributed by atoms with Gasteiger partial charge in [0.05, 0.1) is 5.69 Å². The van der Waals surface area contributed by atoms with Gasteiger partial charge in [0.1, 0.15) is 0 Å². The number of nitrogens with zero attached hydrogens (tertiary/aromatic N) is 3. The second-order valence-corrected chi connectivity index (χ2v) is 9.95. The van der Waals surface area contributed by atoms with Gasteiger partial charge in [-0.1, -0.05) is 42.0 Å². The molecule has 0 amide bonds. The van der Waals surface area contributed by atoms with Crippen molar-refractivity contribution in [2.45, 2.75) is 41.5 Å². The fourth-order valence-corrected chi connectivity index (χ4v) is 4.11. The molecule has 0 fully saturated rings. The van der Waals surface area contributed by atoms with Gasteiger partial charge in [-0.25, -0.2) is 0 Å². The first kappa shape index (κ1) is 24.6. The van der Waals surface area contributed by atoms with Crippen LogP contribution in [-0.2, 0) is 35.5 Å². The molecule has 0 aliphatic rings. The minimum absolute atomic E-state index is 0.532. The van der Waals surface area contributed by atoms with Crippen molar-refractivity contribution in [1.29, 1.82) is 0 Å². The first-order chi connectivity index (χ1) is 13.2. The van der Waals surface area contributed by atoms with E-state index in [0.717, 1.165) is 21.9 Å². The number of benzene rings is 2. The monoisotopic (exact) mass is 470 g/mol. The van der Waals surface area contributed by atoms with E-state index in [1.54, 1.807) is 0 Å². The minimum atomic E-state index is -0.532. The summed E-state index contributed by atoms with van der Waals surface area (Å²) in [7, 11) is 3.64. The van der Waals surface area contributed by atoms with E-state index in [-0.39, 0.29) is 0 Å². The summed E-state index contributed by atoms with van der Waals surface area (Å²) in [6.45, 7) is 12.5. The van der Waals surface area contributed by atoms with Gasteiger partial charge in [-0.05, 0) is 69.4 Å². The van der Waals surface area contributed by atoms with Crippen molar-refractivity contribution in [2.75, 3.05) is 14.1 Å². The van der Waals surface area contributed by atoms with Crippen LogP contribution in [0.1, 0.15) is 40.3 Å². The van der Waals surface area contributed by atoms with E-state index in [0.29, 0.717) is 0 Å². The third-order valence-electron chi connectivity index (χ3n) is 4.19. The molecule has 0 saturated heterocycles. The van der Waals surface area contributed by atoms with Gasteiger partial charge >= 0.3 is 42.7 Å². The number of allylic oxidation sites excluding steroid dienone is 1. The van der Waals surface area contributed by atoms with E-state index in [1.807, 2.05) is 27.1 Å². The van der Waals surface area contributed by atoms with Crippen molar-refractivity contribution in [2.24, 2.45) is 10.7 Å². The molecule has 2 aromatic carbocycles. The van der Waals surface area contributed by atoms with Gasteiger partial charge in [0.15, 0.2) is 0 Å². The molecule has 148 valence electrons. The number of aliphatic imine (C=N–C) groups is 1. The van der Waals surface area contributed by atoms with E-state index < -0.39 is 22.9 Å². The van der Waals surface area contributed by atoms with Crippen LogP contribution in [-0.4, -0.2) is 19.8 Å². The van der Waals surface area contributed by atoms with Crippen molar-refractivity contribution < 1.29 is 22.9 Å². The molecule has 0 unspecified atom stereocenters. The summed E-state index contributed by atoms with van der Waals surface area (Å²) in [6.07, 6.45) is 2.01. The summed E-state index contributed by atoms with van der Waals surface area (Å²) < 4.78 is 7.72. The fourth-order valence-electron chi connectivity index (χ4n) is 3.12. The van der Waals surface area contributed by atoms with Crippen LogP contribution in [0.4, 0.5) is 5.69 Å². The van der Waals surface area contributed by atoms with Crippen LogP contribution in [0.3, 0.4) is 0 Å². The molecule has 0 atom stereocenters. The second kappa shape index (κ2) is 12.2. The van der Waals surface area contributed by atoms with Crippen molar-refractivity contribution in [3.8, 4) is 0 Å². The van der Waals surface area contributed by atoms with Gasteiger partial charge in [-0.3, -0.25) is 4.99 Å². The van der Waals surface area contributed by atoms with Gasteiger partial charge < -0.3 is 12.6 Å². The van der Waals surface area contributed by atoms with Crippen LogP contribution in [0.25, 0.3) is 4.91 Å². The van der Waals surface area contributed by atoms with Gasteiger partial charge in [-0.15, -0.1) is 0 Å². The van der Waals surface area contributed by atoms with E-state index in [4.69, 9.17) is 17.6 Å². The second-order valence-electron chi connectivity index (χ2n) is 6.82. The van der Waals surface area contributed by atoms with Crippen LogP contribution < -0.4 is 0 Å². The quantitative estimate of drug-likeness (QED) is 0.367. The van der Waals surface area contributed by atoms with Crippen molar-refractivity contribution >= 4 is 28.9 Å². The Bertz CT molecular complexity index is 903. The molecule has 0 N–H and O–H groups in total. The van der Waals surface area contributed by atoms with Crippen LogP contribution >= 0.6 is 0 Å². The van der Waals surface area contributed by atoms with E-state index >= 15 is 0 Å². The van der Waals surface area contributed by atoms with E-state index in [2.05, 4.69) is 70.7 Å². The van der Waals surface area contributed by atoms with Gasteiger partial charge in [0.2, 0.25) is 0 Å². The van der Waals surface area contributed by atoms with Gasteiger partial charge in [0, 0.05) is 5.71 Å². The van der Waals surface area contributed by atoms with E-state index in [1.165, 1.54) is 27.8 Å². The Morgan fingerprint density at radius 3 is 1.82 bits per heavy atom. The maximum atomic E-state index is 5.66. The number of para-hydroxylation sites is 1. The fraction of sp³-hybridized carbons (Fsp3) is 0.348. The average molecular weight is 472 g/mol. The zero-order valence-electron chi connectivity index (χ0n) is 18.2. The number of hydrogen-bond acceptors (Lipinski definition) is 4. The summed E-state index contributed by atoms with van der Waals surface area (Å²) in [6, 6.07) is 10.6. The molecule has 28 heavy (non-hydrogen) atoms. The normalized spacial score (nSPS) is 11.3. The Labute approximate surface area is 187 Å². The van der Waals surface area contributed by atoms with Crippen molar-refractivity contribution in [3.63, 3.8) is 0 Å². The Morgan fingerprint density at radius 2 is 1.39 bits per heavy atom.